The molecular formula is C20H18BN7O4. The summed E-state index contributed by atoms with van der Waals surface area (Å²) in [6, 6.07) is 12.0. The van der Waals surface area contributed by atoms with E-state index in [0.29, 0.717) is 47.6 Å². The summed E-state index contributed by atoms with van der Waals surface area (Å²) in [5.41, 5.74) is 8.59. The Balaban J connectivity index is 1.52. The predicted octanol–water partition coefficient (Wildman–Crippen LogP) is -0.464. The minimum absolute atomic E-state index is 0.266. The van der Waals surface area contributed by atoms with Gasteiger partial charge in [0.2, 0.25) is 0 Å². The summed E-state index contributed by atoms with van der Waals surface area (Å²) in [5.74, 6) is 0.727. The maximum absolute atomic E-state index is 11.7. The quantitative estimate of drug-likeness (QED) is 0.296. The van der Waals surface area contributed by atoms with Crippen LogP contribution in [0.25, 0.3) is 17.0 Å². The van der Waals surface area contributed by atoms with E-state index in [4.69, 9.17) is 10.5 Å². The minimum atomic E-state index is -1.54. The number of ether oxygens (including phenoxy) is 1. The van der Waals surface area contributed by atoms with Crippen LogP contribution in [-0.2, 0) is 13.0 Å². The lowest BCUT2D eigenvalue weighted by atomic mass is 9.80. The van der Waals surface area contributed by atoms with Crippen molar-refractivity contribution in [2.75, 3.05) is 11.9 Å². The van der Waals surface area contributed by atoms with Gasteiger partial charge in [0.15, 0.2) is 11.6 Å². The summed E-state index contributed by atoms with van der Waals surface area (Å²) in [6.07, 6.45) is 0.616. The zero-order valence-corrected chi connectivity index (χ0v) is 16.8. The molecule has 3 heterocycles. The van der Waals surface area contributed by atoms with Gasteiger partial charge in [0.1, 0.15) is 5.52 Å². The molecule has 0 unspecified atom stereocenters. The summed E-state index contributed by atoms with van der Waals surface area (Å²) in [6.45, 7) is 0.856. The molecule has 5 rings (SSSR count). The number of carbonyl (C=O) groups excluding carboxylic acids is 1. The van der Waals surface area contributed by atoms with E-state index in [9.17, 15) is 14.8 Å². The van der Waals surface area contributed by atoms with Crippen molar-refractivity contribution in [3.05, 3.63) is 59.3 Å². The standard InChI is InChI=1S/C20H18BN7O4/c22-18(29)13-5-2-6-15-16(13)26-27-28(15)20-24-14-7-8-32-17(14)19(25-20)23-10-11-3-1-4-12(9-11)21(30)31/h1-6,9,30-31H,7-8,10H2,(H2,22,29)(H,23,24,25). The van der Waals surface area contributed by atoms with Crippen molar-refractivity contribution in [1.29, 1.82) is 0 Å². The fourth-order valence-electron chi connectivity index (χ4n) is 3.61. The second kappa shape index (κ2) is 7.91. The number of benzene rings is 2. The van der Waals surface area contributed by atoms with Crippen molar-refractivity contribution in [3.63, 3.8) is 0 Å². The van der Waals surface area contributed by atoms with Gasteiger partial charge in [-0.1, -0.05) is 35.5 Å². The van der Waals surface area contributed by atoms with E-state index in [1.165, 1.54) is 4.68 Å². The third-order valence-corrected chi connectivity index (χ3v) is 5.15. The first-order chi connectivity index (χ1) is 15.5. The molecular weight excluding hydrogens is 413 g/mol. The second-order valence-corrected chi connectivity index (χ2v) is 7.26. The van der Waals surface area contributed by atoms with Gasteiger partial charge in [0.05, 0.1) is 23.4 Å². The monoisotopic (exact) mass is 431 g/mol. The number of rotatable bonds is 6. The van der Waals surface area contributed by atoms with Gasteiger partial charge in [-0.05, 0) is 23.2 Å². The molecule has 0 spiro atoms. The molecule has 0 fully saturated rings. The second-order valence-electron chi connectivity index (χ2n) is 7.26. The fraction of sp³-hybridized carbons (Fsp3) is 0.150. The number of aromatic nitrogens is 5. The molecule has 0 atom stereocenters. The van der Waals surface area contributed by atoms with Gasteiger partial charge in [0, 0.05) is 13.0 Å². The Labute approximate surface area is 182 Å². The molecule has 12 heteroatoms. The number of nitrogens with zero attached hydrogens (tertiary/aromatic N) is 5. The summed E-state index contributed by atoms with van der Waals surface area (Å²) in [5, 5.41) is 30.2. The van der Waals surface area contributed by atoms with Crippen LogP contribution < -0.4 is 21.3 Å². The van der Waals surface area contributed by atoms with Crippen molar-refractivity contribution in [2.24, 2.45) is 5.73 Å². The highest BCUT2D eigenvalue weighted by Gasteiger charge is 2.23. The number of anilines is 1. The largest absolute Gasteiger partial charge is 0.488 e. The number of nitrogens with one attached hydrogen (secondary N) is 1. The maximum Gasteiger partial charge on any atom is 0.488 e. The van der Waals surface area contributed by atoms with Crippen molar-refractivity contribution in [1.82, 2.24) is 25.0 Å². The minimum Gasteiger partial charge on any atom is -0.487 e. The Kier molecular flexibility index (Phi) is 4.92. The van der Waals surface area contributed by atoms with E-state index in [0.717, 1.165) is 11.3 Å². The number of hydrogen-bond acceptors (Lipinski definition) is 9. The average molecular weight is 431 g/mol. The molecule has 11 nitrogen and oxygen atoms in total. The molecule has 0 bridgehead atoms. The van der Waals surface area contributed by atoms with Crippen LogP contribution in [0.5, 0.6) is 5.75 Å². The lowest BCUT2D eigenvalue weighted by Gasteiger charge is -2.12. The summed E-state index contributed by atoms with van der Waals surface area (Å²) in [7, 11) is -1.54. The first-order valence-corrected chi connectivity index (χ1v) is 9.88. The molecule has 0 saturated carbocycles. The van der Waals surface area contributed by atoms with Crippen molar-refractivity contribution >= 4 is 35.3 Å². The van der Waals surface area contributed by atoms with E-state index >= 15 is 0 Å². The van der Waals surface area contributed by atoms with Gasteiger partial charge < -0.3 is 25.8 Å². The number of primary amides is 1. The first kappa shape index (κ1) is 19.9. The third kappa shape index (κ3) is 3.51. The molecule has 160 valence electrons. The average Bonchev–Trinajstić information content (AvgIpc) is 3.44. The van der Waals surface area contributed by atoms with Crippen LogP contribution in [0.1, 0.15) is 21.6 Å². The van der Waals surface area contributed by atoms with E-state index in [1.807, 2.05) is 6.07 Å². The summed E-state index contributed by atoms with van der Waals surface area (Å²) in [4.78, 5) is 20.9. The van der Waals surface area contributed by atoms with Crippen molar-refractivity contribution < 1.29 is 19.6 Å². The van der Waals surface area contributed by atoms with Gasteiger partial charge in [-0.15, -0.1) is 5.10 Å². The Hall–Kier alpha value is -4.03. The van der Waals surface area contributed by atoms with Crippen LogP contribution in [0.2, 0.25) is 0 Å². The molecule has 1 amide bonds. The zero-order chi connectivity index (χ0) is 22.2. The number of nitrogens with two attached hydrogens (primary N) is 1. The first-order valence-electron chi connectivity index (χ1n) is 9.88. The van der Waals surface area contributed by atoms with Crippen LogP contribution in [0.4, 0.5) is 5.82 Å². The lowest BCUT2D eigenvalue weighted by Crippen LogP contribution is -2.30. The topological polar surface area (TPSA) is 161 Å². The molecule has 4 aromatic rings. The van der Waals surface area contributed by atoms with Crippen LogP contribution in [0, 0.1) is 0 Å². The molecule has 0 radical (unpaired) electrons. The van der Waals surface area contributed by atoms with Crippen LogP contribution in [0.3, 0.4) is 0 Å². The Bertz CT molecular complexity index is 1340. The van der Waals surface area contributed by atoms with E-state index in [-0.39, 0.29) is 11.5 Å². The van der Waals surface area contributed by atoms with Crippen molar-refractivity contribution in [3.8, 4) is 11.7 Å². The maximum atomic E-state index is 11.7. The van der Waals surface area contributed by atoms with Crippen LogP contribution in [0.15, 0.2) is 42.5 Å². The van der Waals surface area contributed by atoms with Gasteiger partial charge >= 0.3 is 7.12 Å². The number of hydrogen-bond donors (Lipinski definition) is 4. The highest BCUT2D eigenvalue weighted by molar-refractivity contribution is 6.58. The van der Waals surface area contributed by atoms with Gasteiger partial charge in [0.25, 0.3) is 11.9 Å². The Morgan fingerprint density at radius 1 is 1.22 bits per heavy atom. The zero-order valence-electron chi connectivity index (χ0n) is 16.8. The summed E-state index contributed by atoms with van der Waals surface area (Å²) >= 11 is 0. The van der Waals surface area contributed by atoms with Crippen molar-refractivity contribution in [2.45, 2.75) is 13.0 Å². The molecule has 2 aromatic carbocycles. The van der Waals surface area contributed by atoms with Crippen LogP contribution >= 0.6 is 0 Å². The van der Waals surface area contributed by atoms with E-state index in [1.54, 1.807) is 36.4 Å². The fourth-order valence-corrected chi connectivity index (χ4v) is 3.61. The van der Waals surface area contributed by atoms with E-state index in [2.05, 4.69) is 25.6 Å². The number of fused-ring (bicyclic) bond motifs is 2. The highest BCUT2D eigenvalue weighted by atomic mass is 16.5. The van der Waals surface area contributed by atoms with E-state index < -0.39 is 13.0 Å². The number of amides is 1. The normalized spacial score (nSPS) is 12.4. The smallest absolute Gasteiger partial charge is 0.487 e. The predicted molar refractivity (Wildman–Crippen MR) is 116 cm³/mol. The number of carbonyl (C=O) groups is 1. The molecule has 32 heavy (non-hydrogen) atoms. The van der Waals surface area contributed by atoms with Gasteiger partial charge in [-0.25, -0.2) is 4.98 Å². The van der Waals surface area contributed by atoms with Gasteiger partial charge in [-0.2, -0.15) is 9.67 Å². The SMILES string of the molecule is NC(=O)c1cccc2c1nnn2-c1nc2c(c(NCc3cccc(B(O)O)c3)n1)OCC2. The molecule has 2 aromatic heterocycles. The Morgan fingerprint density at radius 2 is 2.06 bits per heavy atom. The molecule has 5 N–H and O–H groups in total. The third-order valence-electron chi connectivity index (χ3n) is 5.15. The molecule has 1 aliphatic heterocycles. The Morgan fingerprint density at radius 3 is 2.88 bits per heavy atom. The summed E-state index contributed by atoms with van der Waals surface area (Å²) < 4.78 is 7.17. The molecule has 1 aliphatic rings. The molecule has 0 aliphatic carbocycles. The highest BCUT2D eigenvalue weighted by Crippen LogP contribution is 2.32. The molecule has 0 saturated heterocycles. The van der Waals surface area contributed by atoms with Gasteiger partial charge in [-0.3, -0.25) is 4.79 Å². The lowest BCUT2D eigenvalue weighted by molar-refractivity contribution is 0.100. The van der Waals surface area contributed by atoms with Crippen LogP contribution in [-0.4, -0.2) is 54.6 Å².